The van der Waals surface area contributed by atoms with Gasteiger partial charge in [0.05, 0.1) is 0 Å². The molecule has 3 unspecified atom stereocenters. The van der Waals surface area contributed by atoms with Crippen molar-refractivity contribution in [1.29, 1.82) is 5.41 Å². The molecule has 5 rings (SSSR count). The zero-order chi connectivity index (χ0) is 24.9. The van der Waals surface area contributed by atoms with E-state index in [1.807, 2.05) is 19.1 Å². The highest BCUT2D eigenvalue weighted by molar-refractivity contribution is 6.01. The van der Waals surface area contributed by atoms with Gasteiger partial charge in [0.2, 0.25) is 0 Å². The number of nitrogen functional groups attached to an aromatic ring is 1. The number of nitrogens with one attached hydrogen (secondary N) is 1. The van der Waals surface area contributed by atoms with Crippen molar-refractivity contribution in [3.8, 4) is 0 Å². The molecule has 3 heteroatoms. The zero-order valence-electron chi connectivity index (χ0n) is 21.4. The number of hydrogen-bond donors (Lipinski definition) is 2. The van der Waals surface area contributed by atoms with E-state index >= 15 is 0 Å². The van der Waals surface area contributed by atoms with Gasteiger partial charge in [0.1, 0.15) is 5.84 Å². The van der Waals surface area contributed by atoms with Crippen LogP contribution < -0.4 is 5.73 Å². The van der Waals surface area contributed by atoms with Crippen molar-refractivity contribution in [3.63, 3.8) is 0 Å². The van der Waals surface area contributed by atoms with Crippen molar-refractivity contribution in [2.24, 2.45) is 11.7 Å². The number of rotatable bonds is 6. The van der Waals surface area contributed by atoms with E-state index in [0.29, 0.717) is 23.8 Å². The summed E-state index contributed by atoms with van der Waals surface area (Å²) in [5.74, 6) is 1.83. The molecule has 1 fully saturated rings. The molecule has 0 saturated heterocycles. The maximum Gasteiger partial charge on any atom is 0.122 e. The number of hydrogen-bond acceptors (Lipinski definition) is 2. The van der Waals surface area contributed by atoms with E-state index in [1.165, 1.54) is 39.6 Å². The summed E-state index contributed by atoms with van der Waals surface area (Å²) < 4.78 is 0. The first-order valence-electron chi connectivity index (χ1n) is 12.8. The Balaban J connectivity index is 1.50. The second-order valence-electron chi connectivity index (χ2n) is 11.0. The van der Waals surface area contributed by atoms with Crippen molar-refractivity contribution in [2.75, 3.05) is 13.6 Å². The lowest BCUT2D eigenvalue weighted by molar-refractivity contribution is 0.181. The SMILES string of the molecule is C=C(C)C=Cc1cc(C2CC2c2ccc3c(c2)C(C(C)C)N(C)CC3)cc2ccc(C(=N)N)cc12. The number of fused-ring (bicyclic) bond motifs is 2. The Hall–Kier alpha value is -3.17. The molecule has 35 heavy (non-hydrogen) atoms. The summed E-state index contributed by atoms with van der Waals surface area (Å²) in [6.45, 7) is 11.9. The second kappa shape index (κ2) is 9.13. The molecule has 3 nitrogen and oxygen atoms in total. The van der Waals surface area contributed by atoms with Crippen LogP contribution in [0, 0.1) is 11.3 Å². The minimum atomic E-state index is 0.103. The van der Waals surface area contributed by atoms with Crippen molar-refractivity contribution in [1.82, 2.24) is 4.90 Å². The molecule has 3 aromatic rings. The Labute approximate surface area is 209 Å². The summed E-state index contributed by atoms with van der Waals surface area (Å²) in [5.41, 5.74) is 14.7. The summed E-state index contributed by atoms with van der Waals surface area (Å²) >= 11 is 0. The summed E-state index contributed by atoms with van der Waals surface area (Å²) in [5, 5.41) is 10.2. The van der Waals surface area contributed by atoms with Crippen LogP contribution in [0.4, 0.5) is 0 Å². The van der Waals surface area contributed by atoms with Crippen molar-refractivity contribution in [2.45, 2.75) is 51.5 Å². The molecule has 2 aliphatic rings. The fraction of sp³-hybridized carbons (Fsp3) is 0.344. The van der Waals surface area contributed by atoms with Crippen LogP contribution >= 0.6 is 0 Å². The first-order chi connectivity index (χ1) is 16.7. The van der Waals surface area contributed by atoms with E-state index in [1.54, 1.807) is 0 Å². The number of nitrogens with two attached hydrogens (primary N) is 1. The first kappa shape index (κ1) is 23.6. The van der Waals surface area contributed by atoms with Crippen LogP contribution in [0.2, 0.25) is 0 Å². The van der Waals surface area contributed by atoms with Gasteiger partial charge in [0.15, 0.2) is 0 Å². The third kappa shape index (κ3) is 4.58. The molecule has 1 aliphatic heterocycles. The highest BCUT2D eigenvalue weighted by atomic mass is 15.1. The van der Waals surface area contributed by atoms with E-state index in [2.05, 4.69) is 80.9 Å². The Kier molecular flexibility index (Phi) is 6.14. The van der Waals surface area contributed by atoms with Crippen LogP contribution in [0.3, 0.4) is 0 Å². The molecule has 1 aliphatic carbocycles. The van der Waals surface area contributed by atoms with E-state index in [0.717, 1.165) is 29.5 Å². The Morgan fingerprint density at radius 2 is 1.86 bits per heavy atom. The lowest BCUT2D eigenvalue weighted by Gasteiger charge is -2.37. The van der Waals surface area contributed by atoms with Crippen LogP contribution in [0.5, 0.6) is 0 Å². The van der Waals surface area contributed by atoms with Gasteiger partial charge >= 0.3 is 0 Å². The monoisotopic (exact) mass is 463 g/mol. The molecule has 0 amide bonds. The maximum absolute atomic E-state index is 7.86. The topological polar surface area (TPSA) is 53.1 Å². The molecule has 3 atom stereocenters. The van der Waals surface area contributed by atoms with Gasteiger partial charge in [-0.15, -0.1) is 0 Å². The average Bonchev–Trinajstić information content (AvgIpc) is 3.62. The molecule has 3 N–H and O–H groups in total. The third-order valence-corrected chi connectivity index (χ3v) is 7.84. The van der Waals surface area contributed by atoms with Gasteiger partial charge in [0.25, 0.3) is 0 Å². The molecular weight excluding hydrogens is 426 g/mol. The fourth-order valence-corrected chi connectivity index (χ4v) is 5.98. The summed E-state index contributed by atoms with van der Waals surface area (Å²) in [7, 11) is 2.27. The molecule has 3 aromatic carbocycles. The standard InChI is InChI=1S/C32H37N3/c1-19(2)6-7-22-14-26(15-23-10-11-25(32(33)34)17-27(22)23)29-18-28(29)24-9-8-21-12-13-35(5)31(20(3)4)30(21)16-24/h6-11,14-17,20,28-29,31H,1,12-13,18H2,2-5H3,(H3,33,34). The number of amidine groups is 1. The third-order valence-electron chi connectivity index (χ3n) is 7.84. The van der Waals surface area contributed by atoms with Gasteiger partial charge in [-0.2, -0.15) is 0 Å². The number of allylic oxidation sites excluding steroid dienone is 2. The van der Waals surface area contributed by atoms with Gasteiger partial charge in [-0.3, -0.25) is 10.3 Å². The van der Waals surface area contributed by atoms with E-state index < -0.39 is 0 Å². The molecule has 1 heterocycles. The first-order valence-corrected chi connectivity index (χ1v) is 12.8. The van der Waals surface area contributed by atoms with Crippen LogP contribution in [0.15, 0.2) is 66.8 Å². The second-order valence-corrected chi connectivity index (χ2v) is 11.0. The lowest BCUT2D eigenvalue weighted by Crippen LogP contribution is -2.35. The van der Waals surface area contributed by atoms with Crippen molar-refractivity contribution in [3.05, 3.63) is 100 Å². The van der Waals surface area contributed by atoms with Gasteiger partial charge in [0, 0.05) is 18.2 Å². The molecule has 1 saturated carbocycles. The normalized spacial score (nSPS) is 22.0. The average molecular weight is 464 g/mol. The highest BCUT2D eigenvalue weighted by Crippen LogP contribution is 2.56. The predicted octanol–water partition coefficient (Wildman–Crippen LogP) is 7.17. The number of nitrogens with zero attached hydrogens (tertiary/aromatic N) is 1. The minimum Gasteiger partial charge on any atom is -0.384 e. The number of likely N-dealkylation sites (N-methyl/N-ethyl adjacent to an activating group) is 1. The van der Waals surface area contributed by atoms with Gasteiger partial charge in [-0.1, -0.05) is 80.6 Å². The molecule has 0 radical (unpaired) electrons. The zero-order valence-corrected chi connectivity index (χ0v) is 21.4. The molecule has 0 aromatic heterocycles. The van der Waals surface area contributed by atoms with E-state index in [-0.39, 0.29) is 5.84 Å². The van der Waals surface area contributed by atoms with Crippen LogP contribution in [-0.4, -0.2) is 24.3 Å². The van der Waals surface area contributed by atoms with Crippen molar-refractivity contribution < 1.29 is 0 Å². The highest BCUT2D eigenvalue weighted by Gasteiger charge is 2.40. The summed E-state index contributed by atoms with van der Waals surface area (Å²) in [4.78, 5) is 2.53. The summed E-state index contributed by atoms with van der Waals surface area (Å²) in [6.07, 6.45) is 6.56. The predicted molar refractivity (Wildman–Crippen MR) is 149 cm³/mol. The van der Waals surface area contributed by atoms with E-state index in [9.17, 15) is 0 Å². The van der Waals surface area contributed by atoms with Crippen LogP contribution in [0.25, 0.3) is 16.8 Å². The van der Waals surface area contributed by atoms with Crippen LogP contribution in [-0.2, 0) is 6.42 Å². The Morgan fingerprint density at radius 3 is 2.57 bits per heavy atom. The van der Waals surface area contributed by atoms with Gasteiger partial charge in [-0.05, 0) is 89.2 Å². The quantitative estimate of drug-likeness (QED) is 0.231. The van der Waals surface area contributed by atoms with Crippen LogP contribution in [0.1, 0.15) is 78.5 Å². The molecule has 0 bridgehead atoms. The van der Waals surface area contributed by atoms with Gasteiger partial charge in [-0.25, -0.2) is 0 Å². The molecular formula is C32H37N3. The lowest BCUT2D eigenvalue weighted by atomic mass is 9.85. The minimum absolute atomic E-state index is 0.103. The Bertz CT molecular complexity index is 1350. The smallest absolute Gasteiger partial charge is 0.122 e. The van der Waals surface area contributed by atoms with Gasteiger partial charge < -0.3 is 5.73 Å². The Morgan fingerprint density at radius 1 is 1.09 bits per heavy atom. The largest absolute Gasteiger partial charge is 0.384 e. The molecule has 0 spiro atoms. The number of benzene rings is 3. The van der Waals surface area contributed by atoms with Crippen molar-refractivity contribution >= 4 is 22.7 Å². The maximum atomic E-state index is 7.86. The van der Waals surface area contributed by atoms with E-state index in [4.69, 9.17) is 11.1 Å². The summed E-state index contributed by atoms with van der Waals surface area (Å²) in [6, 6.07) is 18.6. The molecule has 180 valence electrons. The fourth-order valence-electron chi connectivity index (χ4n) is 5.98.